The average molecular weight is 469 g/mol. The Morgan fingerprint density at radius 2 is 1.88 bits per heavy atom. The SMILES string of the molecule is C=C.CC(C)(C)OC(=O)NCC(NC(=O)C1=CCC(C#Cc2ccc(N)cc2)C=C1)C(=O)NO. The first kappa shape index (κ1) is 28.0. The Balaban J connectivity index is 0.00000281. The van der Waals surface area contributed by atoms with Crippen LogP contribution in [0.3, 0.4) is 0 Å². The Hall–Kier alpha value is -4.03. The standard InChI is InChI=1S/C23H28N4O5.C2H4/c1-23(2,3)32-22(30)25-14-19(21(29)27-31)26-20(28)17-10-6-15(7-11-17)4-5-16-8-12-18(24)13-9-16;1-2/h6,8-13,15,19,31H,7,14,24H2,1-3H3,(H,25,30)(H,26,28)(H,27,29);1-2H2. The number of nitrogens with one attached hydrogen (secondary N) is 3. The number of benzene rings is 1. The molecule has 2 unspecified atom stereocenters. The molecule has 1 aliphatic carbocycles. The first-order valence-electron chi connectivity index (χ1n) is 10.5. The molecule has 0 fully saturated rings. The van der Waals surface area contributed by atoms with Crippen LogP contribution in [-0.2, 0) is 14.3 Å². The van der Waals surface area contributed by atoms with Gasteiger partial charge in [0.25, 0.3) is 11.8 Å². The zero-order chi connectivity index (χ0) is 25.7. The molecule has 2 rings (SSSR count). The van der Waals surface area contributed by atoms with E-state index in [4.69, 9.17) is 15.7 Å². The molecule has 0 heterocycles. The van der Waals surface area contributed by atoms with Crippen molar-refractivity contribution >= 4 is 23.6 Å². The minimum absolute atomic E-state index is 0.0607. The van der Waals surface area contributed by atoms with Gasteiger partial charge in [0.2, 0.25) is 0 Å². The third kappa shape index (κ3) is 10.1. The molecule has 0 spiro atoms. The number of alkyl carbamates (subject to hydrolysis) is 1. The Labute approximate surface area is 200 Å². The van der Waals surface area contributed by atoms with Crippen LogP contribution in [0, 0.1) is 17.8 Å². The highest BCUT2D eigenvalue weighted by molar-refractivity contribution is 5.99. The fourth-order valence-corrected chi connectivity index (χ4v) is 2.67. The lowest BCUT2D eigenvalue weighted by atomic mass is 9.96. The predicted molar refractivity (Wildman–Crippen MR) is 130 cm³/mol. The van der Waals surface area contributed by atoms with Gasteiger partial charge in [-0.15, -0.1) is 13.2 Å². The van der Waals surface area contributed by atoms with E-state index in [9.17, 15) is 14.4 Å². The van der Waals surface area contributed by atoms with Gasteiger partial charge < -0.3 is 21.1 Å². The maximum Gasteiger partial charge on any atom is 0.407 e. The predicted octanol–water partition coefficient (Wildman–Crippen LogP) is 2.44. The van der Waals surface area contributed by atoms with Crippen LogP contribution in [0.1, 0.15) is 32.8 Å². The van der Waals surface area contributed by atoms with E-state index in [1.165, 1.54) is 5.48 Å². The monoisotopic (exact) mass is 468 g/mol. The molecule has 0 aromatic heterocycles. The summed E-state index contributed by atoms with van der Waals surface area (Å²) in [6.45, 7) is 10.8. The summed E-state index contributed by atoms with van der Waals surface area (Å²) in [4.78, 5) is 36.2. The van der Waals surface area contributed by atoms with Crippen LogP contribution < -0.4 is 21.8 Å². The highest BCUT2D eigenvalue weighted by atomic mass is 16.6. The Bertz CT molecular complexity index is 981. The lowest BCUT2D eigenvalue weighted by Gasteiger charge is -2.22. The third-order valence-corrected chi connectivity index (χ3v) is 4.26. The summed E-state index contributed by atoms with van der Waals surface area (Å²) in [6.07, 6.45) is 4.92. The quantitative estimate of drug-likeness (QED) is 0.148. The second kappa shape index (κ2) is 13.5. The number of amides is 3. The summed E-state index contributed by atoms with van der Waals surface area (Å²) in [5.41, 5.74) is 8.28. The Kier molecular flexibility index (Phi) is 11.1. The summed E-state index contributed by atoms with van der Waals surface area (Å²) >= 11 is 0. The lowest BCUT2D eigenvalue weighted by Crippen LogP contribution is -2.52. The first-order valence-corrected chi connectivity index (χ1v) is 10.5. The number of rotatable bonds is 5. The number of carbonyl (C=O) groups excluding carboxylic acids is 3. The van der Waals surface area contributed by atoms with Crippen molar-refractivity contribution in [2.45, 2.75) is 38.8 Å². The van der Waals surface area contributed by atoms with Crippen molar-refractivity contribution in [2.75, 3.05) is 12.3 Å². The zero-order valence-corrected chi connectivity index (χ0v) is 19.7. The number of anilines is 1. The second-order valence-electron chi connectivity index (χ2n) is 8.14. The van der Waals surface area contributed by atoms with Crippen molar-refractivity contribution in [3.8, 4) is 11.8 Å². The van der Waals surface area contributed by atoms with Crippen molar-refractivity contribution in [2.24, 2.45) is 5.92 Å². The van der Waals surface area contributed by atoms with Crippen molar-refractivity contribution in [3.63, 3.8) is 0 Å². The summed E-state index contributed by atoms with van der Waals surface area (Å²) < 4.78 is 5.10. The van der Waals surface area contributed by atoms with Crippen LogP contribution in [0.4, 0.5) is 10.5 Å². The molecule has 0 radical (unpaired) electrons. The molecule has 0 saturated heterocycles. The molecule has 6 N–H and O–H groups in total. The maximum absolute atomic E-state index is 12.5. The Morgan fingerprint density at radius 3 is 2.41 bits per heavy atom. The van der Waals surface area contributed by atoms with E-state index in [0.717, 1.165) is 5.56 Å². The molecule has 0 saturated carbocycles. The molecule has 0 bridgehead atoms. The minimum atomic E-state index is -1.20. The van der Waals surface area contributed by atoms with Crippen LogP contribution in [0.5, 0.6) is 0 Å². The van der Waals surface area contributed by atoms with Gasteiger partial charge in [-0.1, -0.05) is 30.1 Å². The van der Waals surface area contributed by atoms with Crippen LogP contribution in [0.25, 0.3) is 0 Å². The van der Waals surface area contributed by atoms with Crippen molar-refractivity contribution in [3.05, 3.63) is 66.8 Å². The van der Waals surface area contributed by atoms with Crippen LogP contribution in [-0.4, -0.2) is 41.3 Å². The van der Waals surface area contributed by atoms with E-state index in [1.54, 1.807) is 51.1 Å². The number of hydrogen-bond donors (Lipinski definition) is 5. The molecule has 1 aromatic rings. The van der Waals surface area contributed by atoms with Crippen molar-refractivity contribution in [1.29, 1.82) is 0 Å². The minimum Gasteiger partial charge on any atom is -0.444 e. The summed E-state index contributed by atoms with van der Waals surface area (Å²) in [5.74, 6) is 4.73. The number of hydroxylamine groups is 1. The largest absolute Gasteiger partial charge is 0.444 e. The topological polar surface area (TPSA) is 143 Å². The van der Waals surface area contributed by atoms with Crippen LogP contribution >= 0.6 is 0 Å². The van der Waals surface area contributed by atoms with E-state index < -0.39 is 29.6 Å². The molecule has 9 nitrogen and oxygen atoms in total. The van der Waals surface area contributed by atoms with Gasteiger partial charge >= 0.3 is 6.09 Å². The lowest BCUT2D eigenvalue weighted by molar-refractivity contribution is -0.133. The molecular formula is C25H32N4O5. The van der Waals surface area contributed by atoms with E-state index in [0.29, 0.717) is 17.7 Å². The number of hydrogen-bond acceptors (Lipinski definition) is 6. The van der Waals surface area contributed by atoms with Gasteiger partial charge in [0.05, 0.1) is 6.54 Å². The van der Waals surface area contributed by atoms with Gasteiger partial charge in [0.1, 0.15) is 11.6 Å². The zero-order valence-electron chi connectivity index (χ0n) is 19.7. The molecule has 1 aliphatic rings. The fourth-order valence-electron chi connectivity index (χ4n) is 2.67. The van der Waals surface area contributed by atoms with Crippen molar-refractivity contribution in [1.82, 2.24) is 16.1 Å². The smallest absolute Gasteiger partial charge is 0.407 e. The number of ether oxygens (including phenoxy) is 1. The number of carbonyl (C=O) groups is 3. The van der Waals surface area contributed by atoms with E-state index in [2.05, 4.69) is 35.6 Å². The average Bonchev–Trinajstić information content (AvgIpc) is 2.81. The normalized spacial score (nSPS) is 15.2. The third-order valence-electron chi connectivity index (χ3n) is 4.26. The molecule has 34 heavy (non-hydrogen) atoms. The van der Waals surface area contributed by atoms with E-state index in [-0.39, 0.29) is 12.5 Å². The molecule has 9 heteroatoms. The first-order chi connectivity index (χ1) is 16.1. The van der Waals surface area contributed by atoms with Crippen LogP contribution in [0.2, 0.25) is 0 Å². The van der Waals surface area contributed by atoms with Crippen LogP contribution in [0.15, 0.2) is 61.2 Å². The highest BCUT2D eigenvalue weighted by Gasteiger charge is 2.24. The van der Waals surface area contributed by atoms with Gasteiger partial charge in [0, 0.05) is 22.7 Å². The molecular weight excluding hydrogens is 436 g/mol. The number of nitrogen functional groups attached to an aromatic ring is 1. The van der Waals surface area contributed by atoms with E-state index in [1.807, 2.05) is 12.1 Å². The van der Waals surface area contributed by atoms with Gasteiger partial charge in [-0.05, 0) is 51.5 Å². The number of allylic oxidation sites excluding steroid dienone is 2. The summed E-state index contributed by atoms with van der Waals surface area (Å²) in [7, 11) is 0. The summed E-state index contributed by atoms with van der Waals surface area (Å²) in [5, 5.41) is 13.8. The summed E-state index contributed by atoms with van der Waals surface area (Å²) in [6, 6.07) is 6.03. The molecule has 2 atom stereocenters. The van der Waals surface area contributed by atoms with Gasteiger partial charge in [-0.2, -0.15) is 0 Å². The highest BCUT2D eigenvalue weighted by Crippen LogP contribution is 2.16. The Morgan fingerprint density at radius 1 is 1.24 bits per heavy atom. The van der Waals surface area contributed by atoms with Gasteiger partial charge in [-0.25, -0.2) is 10.3 Å². The maximum atomic E-state index is 12.5. The molecule has 182 valence electrons. The van der Waals surface area contributed by atoms with Gasteiger partial charge in [-0.3, -0.25) is 14.8 Å². The molecule has 0 aliphatic heterocycles. The van der Waals surface area contributed by atoms with E-state index >= 15 is 0 Å². The molecule has 1 aromatic carbocycles. The molecule has 3 amide bonds. The second-order valence-corrected chi connectivity index (χ2v) is 8.14. The fraction of sp³-hybridized carbons (Fsp3) is 0.320. The number of nitrogens with two attached hydrogens (primary N) is 1. The van der Waals surface area contributed by atoms with Crippen molar-refractivity contribution < 1.29 is 24.3 Å². The van der Waals surface area contributed by atoms with Gasteiger partial charge in [0.15, 0.2) is 0 Å².